The van der Waals surface area contributed by atoms with Crippen molar-refractivity contribution < 1.29 is 15.0 Å². The maximum absolute atomic E-state index is 11.0. The molecule has 2 rings (SSSR count). The van der Waals surface area contributed by atoms with Gasteiger partial charge in [0.25, 0.3) is 0 Å². The Bertz CT molecular complexity index is 546. The molecule has 1 unspecified atom stereocenters. The predicted molar refractivity (Wildman–Crippen MR) is 63.0 cm³/mol. The van der Waals surface area contributed by atoms with E-state index in [2.05, 4.69) is 4.98 Å². The van der Waals surface area contributed by atoms with Crippen LogP contribution in [0.2, 0.25) is 0 Å². The van der Waals surface area contributed by atoms with Gasteiger partial charge in [-0.1, -0.05) is 6.07 Å². The summed E-state index contributed by atoms with van der Waals surface area (Å²) in [5, 5.41) is 18.3. The van der Waals surface area contributed by atoms with Crippen LogP contribution in [0, 0.1) is 0 Å². The number of aromatic nitrogens is 2. The molecule has 2 N–H and O–H groups in total. The Hall–Kier alpha value is -1.88. The lowest BCUT2D eigenvalue weighted by molar-refractivity contribution is 0.0699. The van der Waals surface area contributed by atoms with Gasteiger partial charge in [-0.05, 0) is 25.5 Å². The number of carboxylic acids is 1. The lowest BCUT2D eigenvalue weighted by atomic mass is 10.2. The topological polar surface area (TPSA) is 75.3 Å². The zero-order valence-electron chi connectivity index (χ0n) is 9.50. The van der Waals surface area contributed by atoms with E-state index in [9.17, 15) is 9.90 Å². The van der Waals surface area contributed by atoms with Gasteiger partial charge in [0.15, 0.2) is 0 Å². The van der Waals surface area contributed by atoms with Crippen molar-refractivity contribution in [3.63, 3.8) is 0 Å². The third-order valence-electron chi connectivity index (χ3n) is 2.67. The third kappa shape index (κ3) is 2.29. The van der Waals surface area contributed by atoms with Gasteiger partial charge in [0.2, 0.25) is 0 Å². The average Bonchev–Trinajstić information content (AvgIpc) is 2.68. The first-order valence-electron chi connectivity index (χ1n) is 5.45. The molecule has 0 saturated carbocycles. The Morgan fingerprint density at radius 2 is 2.29 bits per heavy atom. The zero-order valence-corrected chi connectivity index (χ0v) is 9.50. The fourth-order valence-corrected chi connectivity index (χ4v) is 1.77. The lowest BCUT2D eigenvalue weighted by Gasteiger charge is -2.06. The number of carbonyl (C=O) groups is 1. The van der Waals surface area contributed by atoms with E-state index in [0.717, 1.165) is 5.52 Å². The van der Waals surface area contributed by atoms with Crippen molar-refractivity contribution in [2.24, 2.45) is 0 Å². The Kier molecular flexibility index (Phi) is 3.10. The van der Waals surface area contributed by atoms with Gasteiger partial charge in [-0.15, -0.1) is 0 Å². The molecule has 0 aliphatic carbocycles. The van der Waals surface area contributed by atoms with Gasteiger partial charge in [0.1, 0.15) is 5.52 Å². The number of carboxylic acid groups (broad SMARTS) is 1. The highest BCUT2D eigenvalue weighted by Crippen LogP contribution is 2.18. The molecule has 0 fully saturated rings. The van der Waals surface area contributed by atoms with E-state index in [1.807, 2.05) is 10.6 Å². The van der Waals surface area contributed by atoms with E-state index in [4.69, 9.17) is 5.11 Å². The molecule has 0 aliphatic heterocycles. The second-order valence-corrected chi connectivity index (χ2v) is 4.05. The molecular formula is C12H14N2O3. The summed E-state index contributed by atoms with van der Waals surface area (Å²) < 4.78 is 1.86. The number of hydrogen-bond acceptors (Lipinski definition) is 3. The molecule has 1 heterocycles. The van der Waals surface area contributed by atoms with E-state index in [1.165, 1.54) is 6.07 Å². The van der Waals surface area contributed by atoms with Crippen molar-refractivity contribution in [2.75, 3.05) is 0 Å². The number of benzene rings is 1. The molecule has 0 saturated heterocycles. The van der Waals surface area contributed by atoms with Crippen molar-refractivity contribution in [3.05, 3.63) is 30.1 Å². The summed E-state index contributed by atoms with van der Waals surface area (Å²) in [7, 11) is 0. The van der Waals surface area contributed by atoms with E-state index in [1.54, 1.807) is 19.3 Å². The summed E-state index contributed by atoms with van der Waals surface area (Å²) in [6.45, 7) is 2.35. The SMILES string of the molecule is CC(O)CCn1cnc2c(C(=O)O)cccc21. The number of rotatable bonds is 4. The smallest absolute Gasteiger partial charge is 0.337 e. The monoisotopic (exact) mass is 234 g/mol. The highest BCUT2D eigenvalue weighted by molar-refractivity contribution is 6.00. The molecule has 90 valence electrons. The Balaban J connectivity index is 2.40. The summed E-state index contributed by atoms with van der Waals surface area (Å²) in [5.41, 5.74) is 1.48. The molecule has 0 spiro atoms. The van der Waals surface area contributed by atoms with Crippen LogP contribution in [0.15, 0.2) is 24.5 Å². The maximum atomic E-state index is 11.0. The molecule has 2 aromatic rings. The number of imidazole rings is 1. The van der Waals surface area contributed by atoms with Gasteiger partial charge in [0.05, 0.1) is 23.5 Å². The van der Waals surface area contributed by atoms with Gasteiger partial charge in [-0.25, -0.2) is 9.78 Å². The van der Waals surface area contributed by atoms with Crippen LogP contribution in [0.1, 0.15) is 23.7 Å². The molecule has 1 atom stereocenters. The van der Waals surface area contributed by atoms with Gasteiger partial charge < -0.3 is 14.8 Å². The van der Waals surface area contributed by atoms with Crippen LogP contribution in [0.3, 0.4) is 0 Å². The molecule has 0 amide bonds. The molecule has 5 nitrogen and oxygen atoms in total. The minimum Gasteiger partial charge on any atom is -0.478 e. The largest absolute Gasteiger partial charge is 0.478 e. The normalized spacial score (nSPS) is 12.8. The number of aliphatic hydroxyl groups excluding tert-OH is 1. The van der Waals surface area contributed by atoms with Crippen molar-refractivity contribution in [3.8, 4) is 0 Å². The number of aryl methyl sites for hydroxylation is 1. The van der Waals surface area contributed by atoms with Gasteiger partial charge in [-0.3, -0.25) is 0 Å². The van der Waals surface area contributed by atoms with Crippen molar-refractivity contribution in [2.45, 2.75) is 26.0 Å². The molecule has 0 bridgehead atoms. The minimum absolute atomic E-state index is 0.207. The first-order valence-corrected chi connectivity index (χ1v) is 5.45. The number of fused-ring (bicyclic) bond motifs is 1. The second-order valence-electron chi connectivity index (χ2n) is 4.05. The molecule has 1 aromatic heterocycles. The standard InChI is InChI=1S/C12H14N2O3/c1-8(15)5-6-14-7-13-11-9(12(16)17)3-2-4-10(11)14/h2-4,7-8,15H,5-6H2,1H3,(H,16,17). The number of aromatic carboxylic acids is 1. The van der Waals surface area contributed by atoms with E-state index in [0.29, 0.717) is 18.5 Å². The number of para-hydroxylation sites is 1. The molecular weight excluding hydrogens is 220 g/mol. The van der Waals surface area contributed by atoms with Crippen LogP contribution in [0.5, 0.6) is 0 Å². The van der Waals surface area contributed by atoms with E-state index >= 15 is 0 Å². The van der Waals surface area contributed by atoms with E-state index < -0.39 is 5.97 Å². The number of hydrogen-bond donors (Lipinski definition) is 2. The third-order valence-corrected chi connectivity index (χ3v) is 2.67. The highest BCUT2D eigenvalue weighted by atomic mass is 16.4. The molecule has 0 radical (unpaired) electrons. The Labute approximate surface area is 98.3 Å². The molecule has 17 heavy (non-hydrogen) atoms. The fourth-order valence-electron chi connectivity index (χ4n) is 1.77. The average molecular weight is 234 g/mol. The van der Waals surface area contributed by atoms with Crippen LogP contribution in [-0.4, -0.2) is 31.8 Å². The van der Waals surface area contributed by atoms with Crippen molar-refractivity contribution in [1.82, 2.24) is 9.55 Å². The minimum atomic E-state index is -0.976. The van der Waals surface area contributed by atoms with Crippen LogP contribution in [0.4, 0.5) is 0 Å². The van der Waals surface area contributed by atoms with Crippen LogP contribution in [-0.2, 0) is 6.54 Å². The lowest BCUT2D eigenvalue weighted by Crippen LogP contribution is -2.06. The maximum Gasteiger partial charge on any atom is 0.337 e. The summed E-state index contributed by atoms with van der Waals surface area (Å²) in [4.78, 5) is 15.1. The highest BCUT2D eigenvalue weighted by Gasteiger charge is 2.12. The van der Waals surface area contributed by atoms with Crippen LogP contribution in [0.25, 0.3) is 11.0 Å². The Morgan fingerprint density at radius 3 is 2.94 bits per heavy atom. The quantitative estimate of drug-likeness (QED) is 0.840. The summed E-state index contributed by atoms with van der Waals surface area (Å²) >= 11 is 0. The van der Waals surface area contributed by atoms with E-state index in [-0.39, 0.29) is 11.7 Å². The second kappa shape index (κ2) is 4.55. The predicted octanol–water partition coefficient (Wildman–Crippen LogP) is 1.51. The first-order chi connectivity index (χ1) is 8.09. The summed E-state index contributed by atoms with van der Waals surface area (Å²) in [5.74, 6) is -0.976. The summed E-state index contributed by atoms with van der Waals surface area (Å²) in [6, 6.07) is 5.07. The zero-order chi connectivity index (χ0) is 12.4. The van der Waals surface area contributed by atoms with Gasteiger partial charge >= 0.3 is 5.97 Å². The molecule has 0 aliphatic rings. The Morgan fingerprint density at radius 1 is 1.53 bits per heavy atom. The molecule has 1 aromatic carbocycles. The molecule has 5 heteroatoms. The van der Waals surface area contributed by atoms with Crippen LogP contribution >= 0.6 is 0 Å². The van der Waals surface area contributed by atoms with Crippen LogP contribution < -0.4 is 0 Å². The van der Waals surface area contributed by atoms with Gasteiger partial charge in [-0.2, -0.15) is 0 Å². The van der Waals surface area contributed by atoms with Crippen molar-refractivity contribution >= 4 is 17.0 Å². The summed E-state index contributed by atoms with van der Waals surface area (Å²) in [6.07, 6.45) is 1.84. The van der Waals surface area contributed by atoms with Gasteiger partial charge in [0, 0.05) is 6.54 Å². The number of aliphatic hydroxyl groups is 1. The van der Waals surface area contributed by atoms with Crippen molar-refractivity contribution in [1.29, 1.82) is 0 Å². The number of nitrogens with zero attached hydrogens (tertiary/aromatic N) is 2. The fraction of sp³-hybridized carbons (Fsp3) is 0.333. The first kappa shape index (κ1) is 11.6.